The minimum Gasteiger partial charge on any atom is -0.452 e. The van der Waals surface area contributed by atoms with E-state index in [1.807, 2.05) is 25.1 Å². The van der Waals surface area contributed by atoms with Crippen LogP contribution in [0.15, 0.2) is 79.0 Å². The van der Waals surface area contributed by atoms with Crippen molar-refractivity contribution in [2.75, 3.05) is 16.4 Å². The van der Waals surface area contributed by atoms with Gasteiger partial charge in [0.25, 0.3) is 0 Å². The lowest BCUT2D eigenvalue weighted by Crippen LogP contribution is -2.35. The summed E-state index contributed by atoms with van der Waals surface area (Å²) in [4.78, 5) is 28.9. The average Bonchev–Trinajstić information content (AvgIpc) is 3.63. The van der Waals surface area contributed by atoms with E-state index in [1.54, 1.807) is 12.3 Å². The molecule has 0 saturated heterocycles. The topological polar surface area (TPSA) is 133 Å². The van der Waals surface area contributed by atoms with Gasteiger partial charge in [-0.2, -0.15) is 0 Å². The second-order valence-electron chi connectivity index (χ2n) is 9.73. The van der Waals surface area contributed by atoms with Crippen molar-refractivity contribution in [3.63, 3.8) is 0 Å². The van der Waals surface area contributed by atoms with Crippen molar-refractivity contribution in [2.24, 2.45) is 5.41 Å². The third-order valence-corrected chi connectivity index (χ3v) is 7.03. The molecule has 1 aliphatic rings. The van der Waals surface area contributed by atoms with E-state index in [4.69, 9.17) is 15.9 Å². The summed E-state index contributed by atoms with van der Waals surface area (Å²) in [5, 5.41) is 12.8. The van der Waals surface area contributed by atoms with E-state index < -0.39 is 28.9 Å². The number of H-pyrrole nitrogens is 1. The summed E-state index contributed by atoms with van der Waals surface area (Å²) in [7, 11) is 0. The lowest BCUT2D eigenvalue weighted by atomic mass is 9.99. The molecule has 0 unspecified atom stereocenters. The Morgan fingerprint density at radius 3 is 2.32 bits per heavy atom. The molecule has 208 valence electrons. The van der Waals surface area contributed by atoms with Crippen LogP contribution in [0, 0.1) is 29.4 Å². The number of hydrogen-bond acceptors (Lipinski definition) is 5. The van der Waals surface area contributed by atoms with E-state index in [2.05, 4.69) is 15.6 Å². The van der Waals surface area contributed by atoms with Gasteiger partial charge in [0, 0.05) is 47.2 Å². The normalized spacial score (nSPS) is 13.8. The molecule has 41 heavy (non-hydrogen) atoms. The number of aromatic nitrogens is 1. The van der Waals surface area contributed by atoms with Gasteiger partial charge in [-0.05, 0) is 79.4 Å². The fourth-order valence-electron chi connectivity index (χ4n) is 4.48. The highest BCUT2D eigenvalue weighted by molar-refractivity contribution is 6.16. The SMILES string of the molecule is Cc1c(N)cccc1-c1cc[nH]c1/C(=C\C=N)Oc1ccc(NC(=O)C2(C(=O)Nc3ccc(F)cc3)CC2)cc1F. The number of rotatable bonds is 9. The van der Waals surface area contributed by atoms with Gasteiger partial charge in [0.15, 0.2) is 17.3 Å². The van der Waals surface area contributed by atoms with Crippen LogP contribution in [0.5, 0.6) is 5.75 Å². The molecule has 6 N–H and O–H groups in total. The number of aromatic amines is 1. The summed E-state index contributed by atoms with van der Waals surface area (Å²) in [6, 6.07) is 16.5. The van der Waals surface area contributed by atoms with Crippen molar-refractivity contribution in [1.29, 1.82) is 5.41 Å². The fraction of sp³-hybridized carbons (Fsp3) is 0.129. The summed E-state index contributed by atoms with van der Waals surface area (Å²) < 4.78 is 34.2. The lowest BCUT2D eigenvalue weighted by molar-refractivity contribution is -0.131. The maximum Gasteiger partial charge on any atom is 0.240 e. The maximum atomic E-state index is 15.2. The van der Waals surface area contributed by atoms with E-state index in [0.29, 0.717) is 29.9 Å². The summed E-state index contributed by atoms with van der Waals surface area (Å²) in [6.45, 7) is 1.90. The first-order valence-corrected chi connectivity index (χ1v) is 12.8. The van der Waals surface area contributed by atoms with Crippen molar-refractivity contribution in [3.8, 4) is 16.9 Å². The van der Waals surface area contributed by atoms with Crippen LogP contribution in [0.3, 0.4) is 0 Å². The molecule has 2 amide bonds. The quantitative estimate of drug-likeness (QED) is 0.0720. The van der Waals surface area contributed by atoms with Gasteiger partial charge in [0.1, 0.15) is 11.2 Å². The molecule has 1 aromatic heterocycles. The molecule has 4 aromatic rings. The smallest absolute Gasteiger partial charge is 0.240 e. The molecule has 0 spiro atoms. The van der Waals surface area contributed by atoms with Crippen LogP contribution in [0.25, 0.3) is 16.9 Å². The number of anilines is 3. The summed E-state index contributed by atoms with van der Waals surface area (Å²) >= 11 is 0. The highest BCUT2D eigenvalue weighted by atomic mass is 19.1. The Balaban J connectivity index is 1.31. The predicted molar refractivity (Wildman–Crippen MR) is 154 cm³/mol. The van der Waals surface area contributed by atoms with Crippen LogP contribution in [-0.2, 0) is 9.59 Å². The van der Waals surface area contributed by atoms with Gasteiger partial charge < -0.3 is 31.5 Å². The largest absolute Gasteiger partial charge is 0.452 e. The molecule has 10 heteroatoms. The van der Waals surface area contributed by atoms with Crippen LogP contribution in [0.1, 0.15) is 24.1 Å². The molecule has 1 aliphatic carbocycles. The number of amides is 2. The molecule has 1 fully saturated rings. The van der Waals surface area contributed by atoms with Crippen LogP contribution in [0.2, 0.25) is 0 Å². The molecule has 0 atom stereocenters. The number of ether oxygens (including phenoxy) is 1. The molecule has 1 heterocycles. The Labute approximate surface area is 234 Å². The van der Waals surface area contributed by atoms with E-state index in [9.17, 15) is 14.0 Å². The summed E-state index contributed by atoms with van der Waals surface area (Å²) in [5.41, 5.74) is 8.96. The van der Waals surface area contributed by atoms with Crippen LogP contribution in [-0.4, -0.2) is 23.0 Å². The molecule has 3 aromatic carbocycles. The minimum atomic E-state index is -1.29. The first kappa shape index (κ1) is 27.3. The maximum absolute atomic E-state index is 15.2. The number of allylic oxidation sites excluding steroid dienone is 1. The van der Waals surface area contributed by atoms with Crippen LogP contribution in [0.4, 0.5) is 25.8 Å². The second kappa shape index (κ2) is 11.1. The van der Waals surface area contributed by atoms with Gasteiger partial charge in [0.05, 0.1) is 5.69 Å². The third-order valence-electron chi connectivity index (χ3n) is 7.03. The molecule has 0 bridgehead atoms. The zero-order chi connectivity index (χ0) is 29.1. The number of carbonyl (C=O) groups is 2. The third kappa shape index (κ3) is 5.58. The highest BCUT2D eigenvalue weighted by Crippen LogP contribution is 2.47. The van der Waals surface area contributed by atoms with Gasteiger partial charge in [-0.15, -0.1) is 0 Å². The Morgan fingerprint density at radius 2 is 1.66 bits per heavy atom. The second-order valence-corrected chi connectivity index (χ2v) is 9.73. The van der Waals surface area contributed by atoms with Crippen molar-refractivity contribution in [3.05, 3.63) is 102 Å². The van der Waals surface area contributed by atoms with Crippen molar-refractivity contribution >= 4 is 40.9 Å². The van der Waals surface area contributed by atoms with Gasteiger partial charge in [-0.1, -0.05) is 12.1 Å². The van der Waals surface area contributed by atoms with E-state index >= 15 is 4.39 Å². The number of benzene rings is 3. The number of nitrogen functional groups attached to an aromatic ring is 1. The molecule has 0 radical (unpaired) electrons. The van der Waals surface area contributed by atoms with Gasteiger partial charge in [0.2, 0.25) is 11.8 Å². The van der Waals surface area contributed by atoms with Crippen LogP contribution < -0.4 is 21.1 Å². The van der Waals surface area contributed by atoms with Crippen molar-refractivity contribution < 1.29 is 23.1 Å². The van der Waals surface area contributed by atoms with Gasteiger partial charge in [-0.3, -0.25) is 9.59 Å². The van der Waals surface area contributed by atoms with Crippen molar-refractivity contribution in [1.82, 2.24) is 4.98 Å². The standard InChI is InChI=1S/C31H27F2N5O3/c1-18-22(3-2-4-25(18)35)23-12-16-36-28(23)27(11-15-34)41-26-10-9-21(17-24(26)33)38-30(40)31(13-14-31)29(39)37-20-7-5-19(32)6-8-20/h2-12,15-17,34,36H,13-14,35H2,1H3,(H,37,39)(H,38,40)/b27-11+,34-15?. The van der Waals surface area contributed by atoms with Gasteiger partial charge >= 0.3 is 0 Å². The van der Waals surface area contributed by atoms with Crippen LogP contribution >= 0.6 is 0 Å². The number of hydrogen-bond donors (Lipinski definition) is 5. The Hall–Kier alpha value is -5.25. The number of halogens is 2. The summed E-state index contributed by atoms with van der Waals surface area (Å²) in [5.74, 6) is -2.21. The number of carbonyl (C=O) groups excluding carboxylic acids is 2. The Bertz CT molecular complexity index is 1670. The number of nitrogens with one attached hydrogen (secondary N) is 4. The van der Waals surface area contributed by atoms with Crippen molar-refractivity contribution in [2.45, 2.75) is 19.8 Å². The van der Waals surface area contributed by atoms with E-state index in [-0.39, 0.29) is 17.2 Å². The number of nitrogens with two attached hydrogens (primary N) is 1. The highest BCUT2D eigenvalue weighted by Gasteiger charge is 2.56. The zero-order valence-electron chi connectivity index (χ0n) is 22.1. The first-order valence-electron chi connectivity index (χ1n) is 12.8. The average molecular weight is 556 g/mol. The minimum absolute atomic E-state index is 0.129. The predicted octanol–water partition coefficient (Wildman–Crippen LogP) is 6.28. The Kier molecular flexibility index (Phi) is 7.39. The molecular formula is C31H27F2N5O3. The fourth-order valence-corrected chi connectivity index (χ4v) is 4.48. The Morgan fingerprint density at radius 1 is 0.976 bits per heavy atom. The zero-order valence-corrected chi connectivity index (χ0v) is 22.1. The molecular weight excluding hydrogens is 528 g/mol. The summed E-state index contributed by atoms with van der Waals surface area (Å²) in [6.07, 6.45) is 4.80. The lowest BCUT2D eigenvalue weighted by Gasteiger charge is -2.16. The van der Waals surface area contributed by atoms with Gasteiger partial charge in [-0.25, -0.2) is 8.78 Å². The molecule has 1 saturated carbocycles. The molecule has 5 rings (SSSR count). The monoisotopic (exact) mass is 555 g/mol. The molecule has 0 aliphatic heterocycles. The molecule has 8 nitrogen and oxygen atoms in total. The first-order chi connectivity index (χ1) is 19.7. The van der Waals surface area contributed by atoms with E-state index in [1.165, 1.54) is 42.5 Å². The van der Waals surface area contributed by atoms with E-state index in [0.717, 1.165) is 29.0 Å².